The van der Waals surface area contributed by atoms with Crippen LogP contribution in [-0.4, -0.2) is 49.1 Å². The number of amidine groups is 1. The van der Waals surface area contributed by atoms with E-state index in [1.54, 1.807) is 23.9 Å². The first-order valence-corrected chi connectivity index (χ1v) is 9.14. The average Bonchev–Trinajstić information content (AvgIpc) is 2.83. The Labute approximate surface area is 122 Å². The minimum Gasteiger partial charge on any atom is -0.348 e. The second-order valence-corrected chi connectivity index (χ2v) is 8.25. The molecule has 0 N–H and O–H groups in total. The molecule has 0 saturated carbocycles. The van der Waals surface area contributed by atoms with E-state index in [1.165, 1.54) is 12.1 Å². The molecule has 0 amide bonds. The molecule has 4 nitrogen and oxygen atoms in total. The molecule has 1 aromatic carbocycles. The van der Waals surface area contributed by atoms with Crippen LogP contribution in [0.3, 0.4) is 0 Å². The summed E-state index contributed by atoms with van der Waals surface area (Å²) in [4.78, 5) is 6.47. The van der Waals surface area contributed by atoms with E-state index in [-0.39, 0.29) is 29.4 Å². The molecule has 2 aliphatic heterocycles. The Balaban J connectivity index is 1.66. The van der Waals surface area contributed by atoms with Gasteiger partial charge in [-0.05, 0) is 17.7 Å². The van der Waals surface area contributed by atoms with Crippen LogP contribution in [0.25, 0.3) is 0 Å². The van der Waals surface area contributed by atoms with Gasteiger partial charge in [-0.3, -0.25) is 4.99 Å². The average molecular weight is 314 g/mol. The molecular weight excluding hydrogens is 299 g/mol. The van der Waals surface area contributed by atoms with Crippen LogP contribution in [0.1, 0.15) is 5.56 Å². The summed E-state index contributed by atoms with van der Waals surface area (Å²) in [6.07, 6.45) is 0. The number of fused-ring (bicyclic) bond motifs is 1. The molecule has 7 heteroatoms. The molecule has 2 aliphatic rings. The molecule has 0 unspecified atom stereocenters. The predicted molar refractivity (Wildman–Crippen MR) is 79.1 cm³/mol. The topological polar surface area (TPSA) is 49.7 Å². The van der Waals surface area contributed by atoms with Crippen molar-refractivity contribution in [1.29, 1.82) is 0 Å². The van der Waals surface area contributed by atoms with Gasteiger partial charge in [0.25, 0.3) is 0 Å². The van der Waals surface area contributed by atoms with E-state index in [1.807, 2.05) is 11.9 Å². The van der Waals surface area contributed by atoms with E-state index in [2.05, 4.69) is 4.99 Å². The molecule has 0 aromatic heterocycles. The van der Waals surface area contributed by atoms with E-state index in [0.717, 1.165) is 10.7 Å². The van der Waals surface area contributed by atoms with Crippen molar-refractivity contribution in [1.82, 2.24) is 4.90 Å². The summed E-state index contributed by atoms with van der Waals surface area (Å²) in [6.45, 7) is 0. The Morgan fingerprint density at radius 1 is 1.35 bits per heavy atom. The largest absolute Gasteiger partial charge is 0.348 e. The van der Waals surface area contributed by atoms with Crippen molar-refractivity contribution in [2.45, 2.75) is 17.8 Å². The maximum Gasteiger partial charge on any atom is 0.159 e. The number of sulfone groups is 1. The number of benzene rings is 1. The van der Waals surface area contributed by atoms with Crippen molar-refractivity contribution >= 4 is 26.8 Å². The third-order valence-electron chi connectivity index (χ3n) is 3.65. The summed E-state index contributed by atoms with van der Waals surface area (Å²) < 4.78 is 36.0. The summed E-state index contributed by atoms with van der Waals surface area (Å²) in [6, 6.07) is 6.25. The number of rotatable bonds is 2. The molecule has 0 bridgehead atoms. The number of thioether (sulfide) groups is 1. The van der Waals surface area contributed by atoms with Gasteiger partial charge in [0.2, 0.25) is 0 Å². The van der Waals surface area contributed by atoms with Crippen LogP contribution >= 0.6 is 11.8 Å². The highest BCUT2D eigenvalue weighted by atomic mass is 32.2. The first-order chi connectivity index (χ1) is 9.44. The van der Waals surface area contributed by atoms with Crippen LogP contribution in [0.4, 0.5) is 4.39 Å². The molecule has 3 rings (SSSR count). The number of likely N-dealkylation sites (N-methyl/N-ethyl adjacent to an activating group) is 1. The summed E-state index contributed by atoms with van der Waals surface area (Å²) in [5.41, 5.74) is 1.03. The maximum absolute atomic E-state index is 12.8. The lowest BCUT2D eigenvalue weighted by Gasteiger charge is -2.20. The molecule has 0 aliphatic carbocycles. The second-order valence-electron chi connectivity index (χ2n) is 5.15. The van der Waals surface area contributed by atoms with Crippen LogP contribution in [0, 0.1) is 5.82 Å². The molecule has 2 atom stereocenters. The lowest BCUT2D eigenvalue weighted by molar-refractivity contribution is 0.410. The minimum absolute atomic E-state index is 0.0179. The fraction of sp³-hybridized carbons (Fsp3) is 0.462. The van der Waals surface area contributed by atoms with Gasteiger partial charge in [-0.15, -0.1) is 0 Å². The highest BCUT2D eigenvalue weighted by molar-refractivity contribution is 8.13. The number of aliphatic imine (C=N–C) groups is 1. The Kier molecular flexibility index (Phi) is 3.50. The number of nitrogens with zero attached hydrogens (tertiary/aromatic N) is 2. The van der Waals surface area contributed by atoms with Gasteiger partial charge in [-0.2, -0.15) is 0 Å². The molecule has 1 aromatic rings. The molecule has 1 fully saturated rings. The molecule has 1 saturated heterocycles. The van der Waals surface area contributed by atoms with Crippen LogP contribution in [-0.2, 0) is 15.6 Å². The molecule has 2 heterocycles. The van der Waals surface area contributed by atoms with Crippen molar-refractivity contribution in [3.63, 3.8) is 0 Å². The first kappa shape index (κ1) is 13.9. The maximum atomic E-state index is 12.8. The summed E-state index contributed by atoms with van der Waals surface area (Å²) in [5.74, 6) is 0.810. The molecular formula is C13H15FN2O2S2. The van der Waals surface area contributed by atoms with Crippen LogP contribution < -0.4 is 0 Å². The molecule has 108 valence electrons. The van der Waals surface area contributed by atoms with Gasteiger partial charge in [-0.1, -0.05) is 23.9 Å². The van der Waals surface area contributed by atoms with Gasteiger partial charge in [0.15, 0.2) is 15.0 Å². The van der Waals surface area contributed by atoms with Crippen molar-refractivity contribution in [2.75, 3.05) is 18.6 Å². The number of halogens is 1. The van der Waals surface area contributed by atoms with Gasteiger partial charge in [0.1, 0.15) is 5.82 Å². The summed E-state index contributed by atoms with van der Waals surface area (Å²) in [5, 5.41) is 0.874. The lowest BCUT2D eigenvalue weighted by Crippen LogP contribution is -2.35. The van der Waals surface area contributed by atoms with Gasteiger partial charge in [-0.25, -0.2) is 12.8 Å². The fourth-order valence-electron chi connectivity index (χ4n) is 2.55. The normalized spacial score (nSPS) is 27.5. The van der Waals surface area contributed by atoms with Crippen molar-refractivity contribution in [2.24, 2.45) is 4.99 Å². The van der Waals surface area contributed by atoms with Gasteiger partial charge in [0, 0.05) is 12.8 Å². The van der Waals surface area contributed by atoms with Crippen molar-refractivity contribution in [3.05, 3.63) is 35.6 Å². The monoisotopic (exact) mass is 314 g/mol. The summed E-state index contributed by atoms with van der Waals surface area (Å²) >= 11 is 1.57. The van der Waals surface area contributed by atoms with Gasteiger partial charge in [0.05, 0.1) is 23.6 Å². The van der Waals surface area contributed by atoms with E-state index in [4.69, 9.17) is 0 Å². The van der Waals surface area contributed by atoms with E-state index in [0.29, 0.717) is 5.75 Å². The quantitative estimate of drug-likeness (QED) is 0.830. The Morgan fingerprint density at radius 2 is 2.05 bits per heavy atom. The molecule has 0 radical (unpaired) electrons. The van der Waals surface area contributed by atoms with Crippen LogP contribution in [0.5, 0.6) is 0 Å². The van der Waals surface area contributed by atoms with E-state index >= 15 is 0 Å². The van der Waals surface area contributed by atoms with Crippen LogP contribution in [0.2, 0.25) is 0 Å². The minimum atomic E-state index is -2.93. The third-order valence-corrected chi connectivity index (χ3v) is 6.48. The zero-order chi connectivity index (χ0) is 14.3. The third kappa shape index (κ3) is 2.69. The van der Waals surface area contributed by atoms with Crippen LogP contribution in [0.15, 0.2) is 29.3 Å². The fourth-order valence-corrected chi connectivity index (χ4v) is 5.50. The standard InChI is InChI=1S/C13H15FN2O2S2/c1-16-12-8-20(17,18)7-11(12)15-13(16)19-6-9-2-4-10(14)5-3-9/h2-5,11-12H,6-8H2,1H3/t11-,12-/m0/s1. The van der Waals surface area contributed by atoms with E-state index in [9.17, 15) is 12.8 Å². The molecule has 20 heavy (non-hydrogen) atoms. The Morgan fingerprint density at radius 3 is 2.70 bits per heavy atom. The Hall–Kier alpha value is -1.08. The number of hydrogen-bond acceptors (Lipinski definition) is 5. The highest BCUT2D eigenvalue weighted by Crippen LogP contribution is 2.30. The first-order valence-electron chi connectivity index (χ1n) is 6.33. The van der Waals surface area contributed by atoms with Gasteiger partial charge >= 0.3 is 0 Å². The lowest BCUT2D eigenvalue weighted by atomic mass is 10.2. The van der Waals surface area contributed by atoms with Crippen molar-refractivity contribution < 1.29 is 12.8 Å². The number of hydrogen-bond donors (Lipinski definition) is 0. The Bertz CT molecular complexity index is 643. The second kappa shape index (κ2) is 5.04. The molecule has 0 spiro atoms. The van der Waals surface area contributed by atoms with Gasteiger partial charge < -0.3 is 4.90 Å². The van der Waals surface area contributed by atoms with Crippen molar-refractivity contribution in [3.8, 4) is 0 Å². The summed E-state index contributed by atoms with van der Waals surface area (Å²) in [7, 11) is -1.04. The van der Waals surface area contributed by atoms with E-state index < -0.39 is 9.84 Å². The highest BCUT2D eigenvalue weighted by Gasteiger charge is 2.44. The smallest absolute Gasteiger partial charge is 0.159 e. The predicted octanol–water partition coefficient (Wildman–Crippen LogP) is 1.53. The SMILES string of the molecule is CN1C(SCc2ccc(F)cc2)=N[C@H]2CS(=O)(=O)C[C@@H]21. The zero-order valence-electron chi connectivity index (χ0n) is 11.0. The zero-order valence-corrected chi connectivity index (χ0v) is 12.6.